The quantitative estimate of drug-likeness (QED) is 0.804. The average Bonchev–Trinajstić information content (AvgIpc) is 3.11. The van der Waals surface area contributed by atoms with Gasteiger partial charge in [0, 0.05) is 43.0 Å². The Hall–Kier alpha value is -2.44. The maximum atomic E-state index is 12.8. The zero-order valence-corrected chi connectivity index (χ0v) is 14.9. The molecule has 3 rings (SSSR count). The summed E-state index contributed by atoms with van der Waals surface area (Å²) in [5, 5.41) is 0. The molecule has 1 saturated heterocycles. The molecule has 0 bridgehead atoms. The van der Waals surface area contributed by atoms with E-state index in [9.17, 15) is 13.6 Å². The van der Waals surface area contributed by atoms with Crippen LogP contribution in [0, 0.1) is 0 Å². The molecule has 140 valence electrons. The number of hydrogen-bond donors (Lipinski definition) is 0. The first-order valence-electron chi connectivity index (χ1n) is 8.82. The van der Waals surface area contributed by atoms with Crippen molar-refractivity contribution in [3.05, 3.63) is 48.0 Å². The van der Waals surface area contributed by atoms with Gasteiger partial charge in [-0.3, -0.25) is 4.79 Å². The number of carbonyl (C=O) groups is 1. The second kappa shape index (κ2) is 7.85. The Balaban J connectivity index is 1.71. The van der Waals surface area contributed by atoms with Crippen molar-refractivity contribution in [2.24, 2.45) is 0 Å². The van der Waals surface area contributed by atoms with Gasteiger partial charge in [-0.15, -0.1) is 0 Å². The van der Waals surface area contributed by atoms with Gasteiger partial charge in [-0.25, -0.2) is 4.98 Å². The zero-order valence-electron chi connectivity index (χ0n) is 14.9. The minimum absolute atomic E-state index is 0.0482. The normalized spacial score (nSPS) is 17.8. The SMILES string of the molecule is CC(C)n1ccnc1C1CCCN(C(=O)c2ccc(OC(F)F)cc2)C1. The first-order chi connectivity index (χ1) is 12.5. The van der Waals surface area contributed by atoms with E-state index in [-0.39, 0.29) is 17.6 Å². The molecule has 1 fully saturated rings. The largest absolute Gasteiger partial charge is 0.435 e. The van der Waals surface area contributed by atoms with Crippen LogP contribution < -0.4 is 4.74 Å². The fourth-order valence-corrected chi connectivity index (χ4v) is 3.41. The number of imidazole rings is 1. The van der Waals surface area contributed by atoms with Crippen LogP contribution in [0.4, 0.5) is 8.78 Å². The van der Waals surface area contributed by atoms with Crippen molar-refractivity contribution < 1.29 is 18.3 Å². The Morgan fingerprint density at radius 3 is 2.65 bits per heavy atom. The molecule has 0 radical (unpaired) electrons. The summed E-state index contributed by atoms with van der Waals surface area (Å²) in [5.41, 5.74) is 0.472. The fraction of sp³-hybridized carbons (Fsp3) is 0.474. The van der Waals surface area contributed by atoms with Crippen LogP contribution in [0.15, 0.2) is 36.7 Å². The van der Waals surface area contributed by atoms with Gasteiger partial charge in [0.25, 0.3) is 5.91 Å². The molecule has 0 N–H and O–H groups in total. The van der Waals surface area contributed by atoms with E-state index in [0.29, 0.717) is 24.7 Å². The third-order valence-electron chi connectivity index (χ3n) is 4.66. The summed E-state index contributed by atoms with van der Waals surface area (Å²) in [6.45, 7) is 2.65. The highest BCUT2D eigenvalue weighted by Crippen LogP contribution is 2.28. The summed E-state index contributed by atoms with van der Waals surface area (Å²) in [6.07, 6.45) is 5.68. The van der Waals surface area contributed by atoms with Crippen molar-refractivity contribution in [2.75, 3.05) is 13.1 Å². The molecular weight excluding hydrogens is 340 g/mol. The lowest BCUT2D eigenvalue weighted by Crippen LogP contribution is -2.39. The van der Waals surface area contributed by atoms with Crippen molar-refractivity contribution >= 4 is 5.91 Å². The zero-order chi connectivity index (χ0) is 18.7. The van der Waals surface area contributed by atoms with Crippen LogP contribution in [-0.4, -0.2) is 40.1 Å². The Bertz CT molecular complexity index is 743. The van der Waals surface area contributed by atoms with E-state index >= 15 is 0 Å². The number of benzene rings is 1. The van der Waals surface area contributed by atoms with Crippen LogP contribution in [0.25, 0.3) is 0 Å². The molecule has 1 atom stereocenters. The van der Waals surface area contributed by atoms with Gasteiger partial charge in [0.05, 0.1) is 0 Å². The van der Waals surface area contributed by atoms with Gasteiger partial charge in [0.1, 0.15) is 11.6 Å². The molecule has 2 heterocycles. The van der Waals surface area contributed by atoms with E-state index in [0.717, 1.165) is 18.7 Å². The first kappa shape index (κ1) is 18.4. The van der Waals surface area contributed by atoms with Crippen LogP contribution in [0.2, 0.25) is 0 Å². The second-order valence-corrected chi connectivity index (χ2v) is 6.78. The number of halogens is 2. The standard InChI is InChI=1S/C19H23F2N3O2/c1-13(2)24-11-9-22-17(24)15-4-3-10-23(12-15)18(25)14-5-7-16(8-6-14)26-19(20)21/h5-9,11,13,15,19H,3-4,10,12H2,1-2H3. The molecule has 7 heteroatoms. The molecule has 1 aromatic heterocycles. The molecule has 0 aliphatic carbocycles. The summed E-state index contributed by atoms with van der Waals surface area (Å²) in [4.78, 5) is 19.1. The van der Waals surface area contributed by atoms with Gasteiger partial charge in [-0.2, -0.15) is 8.78 Å². The van der Waals surface area contributed by atoms with Gasteiger partial charge >= 0.3 is 6.61 Å². The number of amides is 1. The third-order valence-corrected chi connectivity index (χ3v) is 4.66. The van der Waals surface area contributed by atoms with E-state index in [1.54, 1.807) is 6.20 Å². The number of hydrogen-bond acceptors (Lipinski definition) is 3. The van der Waals surface area contributed by atoms with Crippen molar-refractivity contribution in [1.29, 1.82) is 0 Å². The Morgan fingerprint density at radius 1 is 1.27 bits per heavy atom. The van der Waals surface area contributed by atoms with Crippen LogP contribution in [-0.2, 0) is 0 Å². The number of rotatable bonds is 5. The molecule has 1 amide bonds. The number of alkyl halides is 2. The summed E-state index contributed by atoms with van der Waals surface area (Å²) in [5.74, 6) is 1.16. The Kier molecular flexibility index (Phi) is 5.54. The summed E-state index contributed by atoms with van der Waals surface area (Å²) < 4.78 is 30.9. The van der Waals surface area contributed by atoms with Gasteiger partial charge in [0.15, 0.2) is 0 Å². The molecule has 2 aromatic rings. The van der Waals surface area contributed by atoms with Crippen molar-refractivity contribution in [3.8, 4) is 5.75 Å². The molecule has 5 nitrogen and oxygen atoms in total. The maximum Gasteiger partial charge on any atom is 0.387 e. The van der Waals surface area contributed by atoms with Crippen molar-refractivity contribution in [3.63, 3.8) is 0 Å². The highest BCUT2D eigenvalue weighted by atomic mass is 19.3. The topological polar surface area (TPSA) is 47.4 Å². The van der Waals surface area contributed by atoms with Gasteiger partial charge < -0.3 is 14.2 Å². The lowest BCUT2D eigenvalue weighted by molar-refractivity contribution is -0.0498. The van der Waals surface area contributed by atoms with E-state index in [4.69, 9.17) is 0 Å². The van der Waals surface area contributed by atoms with E-state index < -0.39 is 6.61 Å². The summed E-state index contributed by atoms with van der Waals surface area (Å²) >= 11 is 0. The minimum Gasteiger partial charge on any atom is -0.435 e. The van der Waals surface area contributed by atoms with Gasteiger partial charge in [-0.05, 0) is 51.0 Å². The lowest BCUT2D eigenvalue weighted by Gasteiger charge is -2.33. The molecular formula is C19H23F2N3O2. The van der Waals surface area contributed by atoms with E-state index in [1.807, 2.05) is 11.1 Å². The van der Waals surface area contributed by atoms with Crippen LogP contribution in [0.5, 0.6) is 5.75 Å². The lowest BCUT2D eigenvalue weighted by atomic mass is 9.96. The summed E-state index contributed by atoms with van der Waals surface area (Å²) in [7, 11) is 0. The molecule has 0 saturated carbocycles. The van der Waals surface area contributed by atoms with E-state index in [1.165, 1.54) is 24.3 Å². The highest BCUT2D eigenvalue weighted by molar-refractivity contribution is 5.94. The number of carbonyl (C=O) groups excluding carboxylic acids is 1. The van der Waals surface area contributed by atoms with Crippen molar-refractivity contribution in [2.45, 2.75) is 45.3 Å². The molecule has 26 heavy (non-hydrogen) atoms. The Morgan fingerprint density at radius 2 is 2.00 bits per heavy atom. The Labute approximate surface area is 151 Å². The summed E-state index contributed by atoms with van der Waals surface area (Å²) in [6, 6.07) is 6.16. The number of likely N-dealkylation sites (tertiary alicyclic amines) is 1. The van der Waals surface area contributed by atoms with Crippen LogP contribution >= 0.6 is 0 Å². The minimum atomic E-state index is -2.87. The molecule has 1 aromatic carbocycles. The second-order valence-electron chi connectivity index (χ2n) is 6.78. The van der Waals surface area contributed by atoms with Crippen LogP contribution in [0.3, 0.4) is 0 Å². The monoisotopic (exact) mass is 363 g/mol. The number of ether oxygens (including phenoxy) is 1. The fourth-order valence-electron chi connectivity index (χ4n) is 3.41. The average molecular weight is 363 g/mol. The highest BCUT2D eigenvalue weighted by Gasteiger charge is 2.28. The van der Waals surface area contributed by atoms with E-state index in [2.05, 4.69) is 28.1 Å². The molecule has 1 aliphatic heterocycles. The predicted octanol–water partition coefficient (Wildman–Crippen LogP) is 4.09. The number of piperidine rings is 1. The molecule has 0 spiro atoms. The number of aromatic nitrogens is 2. The van der Waals surface area contributed by atoms with Crippen molar-refractivity contribution in [1.82, 2.24) is 14.5 Å². The smallest absolute Gasteiger partial charge is 0.387 e. The molecule has 1 unspecified atom stereocenters. The van der Waals surface area contributed by atoms with Gasteiger partial charge in [-0.1, -0.05) is 0 Å². The predicted molar refractivity (Wildman–Crippen MR) is 93.6 cm³/mol. The third kappa shape index (κ3) is 4.03. The maximum absolute atomic E-state index is 12.8. The molecule has 1 aliphatic rings. The number of nitrogens with zero attached hydrogens (tertiary/aromatic N) is 3. The first-order valence-corrected chi connectivity index (χ1v) is 8.82. The van der Waals surface area contributed by atoms with Crippen LogP contribution in [0.1, 0.15) is 54.8 Å². The van der Waals surface area contributed by atoms with Gasteiger partial charge in [0.2, 0.25) is 0 Å².